The van der Waals surface area contributed by atoms with Crippen molar-refractivity contribution >= 4 is 30.1 Å². The number of hydrogen-bond acceptors (Lipinski definition) is 10. The summed E-state index contributed by atoms with van der Waals surface area (Å²) in [5.74, 6) is -2.42. The van der Waals surface area contributed by atoms with E-state index in [1.54, 1.807) is 12.1 Å². The number of benzene rings is 1. The van der Waals surface area contributed by atoms with E-state index in [4.69, 9.17) is 23.7 Å². The van der Waals surface area contributed by atoms with Crippen molar-refractivity contribution in [3.05, 3.63) is 29.8 Å². The van der Waals surface area contributed by atoms with E-state index in [2.05, 4.69) is 5.32 Å². The Morgan fingerprint density at radius 3 is 2.16 bits per heavy atom. The van der Waals surface area contributed by atoms with Crippen LogP contribution in [-0.2, 0) is 38.1 Å². The molecular weight excluding hydrogens is 426 g/mol. The van der Waals surface area contributed by atoms with Crippen molar-refractivity contribution in [2.75, 3.05) is 6.61 Å². The molecule has 1 amide bonds. The third kappa shape index (κ3) is 6.77. The first-order chi connectivity index (χ1) is 15.1. The molecule has 1 N–H and O–H groups in total. The number of carbonyl (C=O) groups is 5. The van der Waals surface area contributed by atoms with E-state index in [1.165, 1.54) is 26.0 Å². The molecule has 5 atom stereocenters. The smallest absolute Gasteiger partial charge is 0.303 e. The molecule has 2 rings (SSSR count). The van der Waals surface area contributed by atoms with Gasteiger partial charge in [0.25, 0.3) is 0 Å². The quantitative estimate of drug-likeness (QED) is 0.338. The molecule has 1 aliphatic rings. The fraction of sp³-hybridized carbons (Fsp3) is 0.476. The number of ether oxygens (including phenoxy) is 5. The minimum atomic E-state index is -1.29. The van der Waals surface area contributed by atoms with Crippen LogP contribution in [0.2, 0.25) is 0 Å². The van der Waals surface area contributed by atoms with Gasteiger partial charge in [-0.2, -0.15) is 0 Å². The summed E-state index contributed by atoms with van der Waals surface area (Å²) in [7, 11) is 0. The Morgan fingerprint density at radius 2 is 1.59 bits per heavy atom. The van der Waals surface area contributed by atoms with Gasteiger partial charge in [0, 0.05) is 27.7 Å². The van der Waals surface area contributed by atoms with Crippen molar-refractivity contribution in [3.8, 4) is 5.75 Å². The summed E-state index contributed by atoms with van der Waals surface area (Å²) in [5, 5.41) is 2.58. The minimum absolute atomic E-state index is 0.140. The van der Waals surface area contributed by atoms with Crippen LogP contribution in [0.15, 0.2) is 24.3 Å². The van der Waals surface area contributed by atoms with Gasteiger partial charge < -0.3 is 29.0 Å². The Bertz CT molecular complexity index is 870. The van der Waals surface area contributed by atoms with Crippen LogP contribution in [0.25, 0.3) is 0 Å². The summed E-state index contributed by atoms with van der Waals surface area (Å²) in [6.07, 6.45) is -4.30. The number of hydrogen-bond donors (Lipinski definition) is 1. The molecule has 0 unspecified atom stereocenters. The van der Waals surface area contributed by atoms with Crippen LogP contribution in [0.5, 0.6) is 5.75 Å². The summed E-state index contributed by atoms with van der Waals surface area (Å²) in [4.78, 5) is 58.2. The minimum Gasteiger partial charge on any atom is -0.463 e. The van der Waals surface area contributed by atoms with Crippen LogP contribution in [0.3, 0.4) is 0 Å². The number of carbonyl (C=O) groups excluding carboxylic acids is 5. The van der Waals surface area contributed by atoms with E-state index < -0.39 is 54.5 Å². The van der Waals surface area contributed by atoms with E-state index in [0.717, 1.165) is 13.8 Å². The first-order valence-electron chi connectivity index (χ1n) is 9.73. The monoisotopic (exact) mass is 451 g/mol. The van der Waals surface area contributed by atoms with Gasteiger partial charge in [-0.05, 0) is 12.1 Å². The average molecular weight is 451 g/mol. The van der Waals surface area contributed by atoms with Crippen molar-refractivity contribution in [2.24, 2.45) is 0 Å². The predicted octanol–water partition coefficient (Wildman–Crippen LogP) is 0.534. The molecule has 1 aliphatic heterocycles. The number of esters is 3. The van der Waals surface area contributed by atoms with Gasteiger partial charge in [-0.1, -0.05) is 12.1 Å². The highest BCUT2D eigenvalue weighted by atomic mass is 16.7. The zero-order chi connectivity index (χ0) is 23.8. The topological polar surface area (TPSA) is 144 Å². The first-order valence-corrected chi connectivity index (χ1v) is 9.73. The van der Waals surface area contributed by atoms with Crippen LogP contribution in [-0.4, -0.2) is 67.4 Å². The van der Waals surface area contributed by atoms with E-state index in [0.29, 0.717) is 6.29 Å². The number of nitrogens with one attached hydrogen (secondary N) is 1. The third-order valence-electron chi connectivity index (χ3n) is 4.36. The second-order valence-corrected chi connectivity index (χ2v) is 6.99. The Labute approximate surface area is 184 Å². The predicted molar refractivity (Wildman–Crippen MR) is 106 cm³/mol. The summed E-state index contributed by atoms with van der Waals surface area (Å²) >= 11 is 0. The molecule has 1 saturated heterocycles. The largest absolute Gasteiger partial charge is 0.463 e. The van der Waals surface area contributed by atoms with Crippen LogP contribution in [0.4, 0.5) is 0 Å². The van der Waals surface area contributed by atoms with Crippen molar-refractivity contribution in [2.45, 2.75) is 58.3 Å². The molecule has 0 spiro atoms. The fourth-order valence-corrected chi connectivity index (χ4v) is 3.20. The van der Waals surface area contributed by atoms with E-state index in [1.807, 2.05) is 0 Å². The molecule has 1 heterocycles. The Balaban J connectivity index is 2.49. The Morgan fingerprint density at radius 1 is 0.969 bits per heavy atom. The number of aldehydes is 1. The van der Waals surface area contributed by atoms with Gasteiger partial charge in [0.2, 0.25) is 12.2 Å². The molecule has 1 aromatic rings. The molecule has 0 bridgehead atoms. The second-order valence-electron chi connectivity index (χ2n) is 6.99. The third-order valence-corrected chi connectivity index (χ3v) is 4.36. The number of amides is 1. The van der Waals surface area contributed by atoms with Crippen LogP contribution in [0, 0.1) is 0 Å². The molecule has 32 heavy (non-hydrogen) atoms. The molecular formula is C21H25NO10. The normalized spacial score (nSPS) is 24.6. The maximum atomic E-state index is 11.9. The summed E-state index contributed by atoms with van der Waals surface area (Å²) in [6, 6.07) is 5.15. The summed E-state index contributed by atoms with van der Waals surface area (Å²) in [6.45, 7) is 4.34. The number of para-hydroxylation sites is 1. The van der Waals surface area contributed by atoms with Gasteiger partial charge in [0.15, 0.2) is 18.5 Å². The van der Waals surface area contributed by atoms with Crippen molar-refractivity contribution < 1.29 is 47.7 Å². The molecule has 0 radical (unpaired) electrons. The zero-order valence-corrected chi connectivity index (χ0v) is 18.1. The highest BCUT2D eigenvalue weighted by molar-refractivity contribution is 5.79. The maximum Gasteiger partial charge on any atom is 0.303 e. The van der Waals surface area contributed by atoms with E-state index >= 15 is 0 Å². The van der Waals surface area contributed by atoms with Gasteiger partial charge in [0.05, 0.1) is 5.56 Å². The maximum absolute atomic E-state index is 11.9. The highest BCUT2D eigenvalue weighted by Crippen LogP contribution is 2.30. The van der Waals surface area contributed by atoms with Crippen LogP contribution in [0.1, 0.15) is 38.1 Å². The molecule has 11 nitrogen and oxygen atoms in total. The highest BCUT2D eigenvalue weighted by Gasteiger charge is 2.52. The summed E-state index contributed by atoms with van der Waals surface area (Å²) in [5.41, 5.74) is 0.209. The van der Waals surface area contributed by atoms with Crippen LogP contribution >= 0.6 is 0 Å². The number of rotatable bonds is 8. The SMILES string of the molecule is CC(=O)N[C@H]1[C@H](Oc2ccccc2C=O)O[C@@H](COC(C)=O)[C@@H](OC(C)=O)[C@@H]1OC(C)=O. The van der Waals surface area contributed by atoms with Gasteiger partial charge in [-0.15, -0.1) is 0 Å². The zero-order valence-electron chi connectivity index (χ0n) is 18.1. The molecule has 0 aliphatic carbocycles. The molecule has 11 heteroatoms. The lowest BCUT2D eigenvalue weighted by Gasteiger charge is -2.44. The average Bonchev–Trinajstić information content (AvgIpc) is 2.70. The fourth-order valence-electron chi connectivity index (χ4n) is 3.20. The van der Waals surface area contributed by atoms with Crippen LogP contribution < -0.4 is 10.1 Å². The standard InChI is InChI=1S/C21H25NO10/c1-11(24)22-18-20(30-14(4)27)19(29-13(3)26)17(10-28-12(2)25)32-21(18)31-16-8-6-5-7-15(16)9-23/h5-9,17-21H,10H2,1-4H3,(H,22,24)/t17-,18+,19+,20+,21+/m0/s1. The van der Waals surface area contributed by atoms with Crippen molar-refractivity contribution in [3.63, 3.8) is 0 Å². The van der Waals surface area contributed by atoms with Gasteiger partial charge in [-0.3, -0.25) is 24.0 Å². The van der Waals surface area contributed by atoms with Gasteiger partial charge in [-0.25, -0.2) is 0 Å². The Hall–Kier alpha value is -3.47. The van der Waals surface area contributed by atoms with E-state index in [9.17, 15) is 24.0 Å². The molecule has 174 valence electrons. The molecule has 1 fully saturated rings. The Kier molecular flexibility index (Phi) is 8.71. The first kappa shape index (κ1) is 24.8. The van der Waals surface area contributed by atoms with E-state index in [-0.39, 0.29) is 17.9 Å². The molecule has 1 aromatic carbocycles. The lowest BCUT2D eigenvalue weighted by molar-refractivity contribution is -0.257. The van der Waals surface area contributed by atoms with Crippen molar-refractivity contribution in [1.29, 1.82) is 0 Å². The summed E-state index contributed by atoms with van der Waals surface area (Å²) < 4.78 is 27.4. The molecule has 0 aromatic heterocycles. The lowest BCUT2D eigenvalue weighted by Crippen LogP contribution is -2.67. The lowest BCUT2D eigenvalue weighted by atomic mass is 9.96. The van der Waals surface area contributed by atoms with Gasteiger partial charge >= 0.3 is 17.9 Å². The second kappa shape index (κ2) is 11.2. The molecule has 0 saturated carbocycles. The van der Waals surface area contributed by atoms with Gasteiger partial charge in [0.1, 0.15) is 24.5 Å². The van der Waals surface area contributed by atoms with Crippen molar-refractivity contribution in [1.82, 2.24) is 5.32 Å².